The molecule has 18 heavy (non-hydrogen) atoms. The quantitative estimate of drug-likeness (QED) is 0.508. The summed E-state index contributed by atoms with van der Waals surface area (Å²) in [6.45, 7) is 0.944. The molecule has 0 saturated carbocycles. The van der Waals surface area contributed by atoms with Crippen LogP contribution in [0.15, 0.2) is 24.3 Å². The number of carbonyl (C=O) groups is 1. The van der Waals surface area contributed by atoms with E-state index < -0.39 is 12.0 Å². The van der Waals surface area contributed by atoms with Crippen molar-refractivity contribution in [1.29, 1.82) is 0 Å². The van der Waals surface area contributed by atoms with Gasteiger partial charge in [0, 0.05) is 17.6 Å². The summed E-state index contributed by atoms with van der Waals surface area (Å²) in [5.41, 5.74) is 7.47. The van der Waals surface area contributed by atoms with Crippen LogP contribution in [-0.4, -0.2) is 29.0 Å². The predicted octanol–water partition coefficient (Wildman–Crippen LogP) is 2.23. The van der Waals surface area contributed by atoms with Crippen LogP contribution >= 0.6 is 15.9 Å². The summed E-state index contributed by atoms with van der Waals surface area (Å²) in [6, 6.07) is 6.91. The van der Waals surface area contributed by atoms with Crippen LogP contribution in [0.2, 0.25) is 0 Å². The van der Waals surface area contributed by atoms with Gasteiger partial charge in [-0.05, 0) is 37.0 Å². The molecule has 0 heterocycles. The zero-order valence-electron chi connectivity index (χ0n) is 10.2. The van der Waals surface area contributed by atoms with Gasteiger partial charge < -0.3 is 16.2 Å². The minimum absolute atomic E-state index is 0.360. The average molecular weight is 315 g/mol. The average Bonchev–Trinajstić information content (AvgIpc) is 2.36. The van der Waals surface area contributed by atoms with Crippen LogP contribution in [0.1, 0.15) is 18.4 Å². The van der Waals surface area contributed by atoms with Crippen molar-refractivity contribution < 1.29 is 9.90 Å². The van der Waals surface area contributed by atoms with E-state index in [-0.39, 0.29) is 0 Å². The van der Waals surface area contributed by atoms with Gasteiger partial charge in [-0.2, -0.15) is 0 Å². The lowest BCUT2D eigenvalue weighted by Gasteiger charge is -2.09. The molecule has 0 aliphatic rings. The number of rotatable bonds is 8. The molecule has 100 valence electrons. The molecule has 0 aliphatic carbocycles. The number of unbranched alkanes of at least 4 members (excludes halogenated alkanes) is 1. The minimum Gasteiger partial charge on any atom is -0.480 e. The Morgan fingerprint density at radius 3 is 2.56 bits per heavy atom. The fourth-order valence-electron chi connectivity index (χ4n) is 1.55. The molecule has 0 aliphatic heterocycles. The van der Waals surface area contributed by atoms with Crippen molar-refractivity contribution >= 4 is 27.6 Å². The van der Waals surface area contributed by atoms with E-state index in [9.17, 15) is 4.79 Å². The first-order valence-electron chi connectivity index (χ1n) is 6.00. The topological polar surface area (TPSA) is 75.3 Å². The zero-order valence-corrected chi connectivity index (χ0v) is 11.8. The van der Waals surface area contributed by atoms with Crippen LogP contribution in [0, 0.1) is 0 Å². The maximum Gasteiger partial charge on any atom is 0.320 e. The Balaban J connectivity index is 2.40. The van der Waals surface area contributed by atoms with Crippen molar-refractivity contribution in [3.63, 3.8) is 0 Å². The summed E-state index contributed by atoms with van der Waals surface area (Å²) in [5, 5.41) is 13.1. The highest BCUT2D eigenvalue weighted by atomic mass is 79.9. The van der Waals surface area contributed by atoms with Gasteiger partial charge in [-0.3, -0.25) is 4.79 Å². The number of hydrogen-bond acceptors (Lipinski definition) is 3. The Kier molecular flexibility index (Phi) is 6.75. The molecule has 1 rings (SSSR count). The molecule has 1 aromatic carbocycles. The molecule has 4 nitrogen and oxygen atoms in total. The third-order valence-corrected chi connectivity index (χ3v) is 3.18. The van der Waals surface area contributed by atoms with E-state index in [4.69, 9.17) is 10.8 Å². The van der Waals surface area contributed by atoms with E-state index in [2.05, 4.69) is 21.2 Å². The highest BCUT2D eigenvalue weighted by Crippen LogP contribution is 2.11. The van der Waals surface area contributed by atoms with Gasteiger partial charge in [-0.15, -0.1) is 0 Å². The first-order valence-corrected chi connectivity index (χ1v) is 7.13. The Labute approximate surface area is 116 Å². The highest BCUT2D eigenvalue weighted by Gasteiger charge is 2.11. The van der Waals surface area contributed by atoms with Crippen molar-refractivity contribution in [2.75, 3.05) is 17.2 Å². The van der Waals surface area contributed by atoms with E-state index in [1.807, 2.05) is 24.3 Å². The molecule has 0 radical (unpaired) electrons. The summed E-state index contributed by atoms with van der Waals surface area (Å²) in [5.74, 6) is -0.966. The molecule has 0 aromatic heterocycles. The summed E-state index contributed by atoms with van der Waals surface area (Å²) in [7, 11) is 0. The van der Waals surface area contributed by atoms with Gasteiger partial charge in [0.1, 0.15) is 6.04 Å². The molecule has 0 amide bonds. The van der Waals surface area contributed by atoms with Crippen molar-refractivity contribution in [1.82, 2.24) is 0 Å². The van der Waals surface area contributed by atoms with Crippen LogP contribution in [0.4, 0.5) is 5.69 Å². The second-order valence-electron chi connectivity index (χ2n) is 4.17. The van der Waals surface area contributed by atoms with Crippen molar-refractivity contribution in [2.24, 2.45) is 5.73 Å². The molecule has 0 saturated heterocycles. The molecule has 1 atom stereocenters. The van der Waals surface area contributed by atoms with E-state index >= 15 is 0 Å². The number of carboxylic acids is 1. The van der Waals surface area contributed by atoms with Gasteiger partial charge in [-0.1, -0.05) is 28.1 Å². The smallest absolute Gasteiger partial charge is 0.320 e. The number of nitrogens with one attached hydrogen (secondary N) is 1. The maximum absolute atomic E-state index is 10.6. The molecule has 0 spiro atoms. The number of halogens is 1. The SMILES string of the molecule is N[C@@H](Cc1ccc(NCCCCBr)cc1)C(=O)O. The van der Waals surface area contributed by atoms with Crippen LogP contribution in [0.5, 0.6) is 0 Å². The van der Waals surface area contributed by atoms with Crippen LogP contribution in [-0.2, 0) is 11.2 Å². The predicted molar refractivity (Wildman–Crippen MR) is 77.3 cm³/mol. The molecular weight excluding hydrogens is 296 g/mol. The molecule has 1 aromatic rings. The number of benzene rings is 1. The van der Waals surface area contributed by atoms with E-state index in [0.717, 1.165) is 36.0 Å². The lowest BCUT2D eigenvalue weighted by Crippen LogP contribution is -2.32. The number of nitrogens with two attached hydrogens (primary N) is 1. The Bertz CT molecular complexity index is 368. The molecule has 0 bridgehead atoms. The Morgan fingerprint density at radius 2 is 2.00 bits per heavy atom. The Morgan fingerprint density at radius 1 is 1.33 bits per heavy atom. The lowest BCUT2D eigenvalue weighted by atomic mass is 10.1. The van der Waals surface area contributed by atoms with Crippen LogP contribution in [0.3, 0.4) is 0 Å². The lowest BCUT2D eigenvalue weighted by molar-refractivity contribution is -0.138. The third kappa shape index (κ3) is 5.51. The standard InChI is InChI=1S/C13H19BrN2O2/c14-7-1-2-8-16-11-5-3-10(4-6-11)9-12(15)13(17)18/h3-6,12,16H,1-2,7-9,15H2,(H,17,18)/t12-/m0/s1. The summed E-state index contributed by atoms with van der Waals surface area (Å²) in [6.07, 6.45) is 2.63. The first-order chi connectivity index (χ1) is 8.63. The number of aliphatic carboxylic acids is 1. The normalized spacial score (nSPS) is 12.1. The van der Waals surface area contributed by atoms with Gasteiger partial charge in [0.2, 0.25) is 0 Å². The molecular formula is C13H19BrN2O2. The minimum atomic E-state index is -0.966. The van der Waals surface area contributed by atoms with E-state index in [1.165, 1.54) is 0 Å². The van der Waals surface area contributed by atoms with Crippen LogP contribution < -0.4 is 11.1 Å². The second kappa shape index (κ2) is 8.11. The first kappa shape index (κ1) is 15.0. The Hall–Kier alpha value is -1.07. The molecule has 4 N–H and O–H groups in total. The molecule has 5 heteroatoms. The molecule has 0 unspecified atom stereocenters. The van der Waals surface area contributed by atoms with Gasteiger partial charge in [0.15, 0.2) is 0 Å². The number of carboxylic acid groups (broad SMARTS) is 1. The zero-order chi connectivity index (χ0) is 13.4. The van der Waals surface area contributed by atoms with Gasteiger partial charge >= 0.3 is 5.97 Å². The van der Waals surface area contributed by atoms with E-state index in [0.29, 0.717) is 6.42 Å². The molecule has 0 fully saturated rings. The largest absolute Gasteiger partial charge is 0.480 e. The van der Waals surface area contributed by atoms with Crippen molar-refractivity contribution in [3.05, 3.63) is 29.8 Å². The monoisotopic (exact) mass is 314 g/mol. The highest BCUT2D eigenvalue weighted by molar-refractivity contribution is 9.09. The maximum atomic E-state index is 10.6. The van der Waals surface area contributed by atoms with Crippen molar-refractivity contribution in [3.8, 4) is 0 Å². The summed E-state index contributed by atoms with van der Waals surface area (Å²) < 4.78 is 0. The fourth-order valence-corrected chi connectivity index (χ4v) is 1.95. The fraction of sp³-hybridized carbons (Fsp3) is 0.462. The summed E-state index contributed by atoms with van der Waals surface area (Å²) in [4.78, 5) is 10.6. The summed E-state index contributed by atoms with van der Waals surface area (Å²) >= 11 is 3.39. The third-order valence-electron chi connectivity index (χ3n) is 2.62. The van der Waals surface area contributed by atoms with Crippen LogP contribution in [0.25, 0.3) is 0 Å². The van der Waals surface area contributed by atoms with Gasteiger partial charge in [0.05, 0.1) is 0 Å². The van der Waals surface area contributed by atoms with Gasteiger partial charge in [0.25, 0.3) is 0 Å². The van der Waals surface area contributed by atoms with Gasteiger partial charge in [-0.25, -0.2) is 0 Å². The van der Waals surface area contributed by atoms with Crippen molar-refractivity contribution in [2.45, 2.75) is 25.3 Å². The number of hydrogen-bond donors (Lipinski definition) is 3. The van der Waals surface area contributed by atoms with E-state index in [1.54, 1.807) is 0 Å². The number of alkyl halides is 1. The second-order valence-corrected chi connectivity index (χ2v) is 4.96. The number of anilines is 1.